The Hall–Kier alpha value is -2.54. The minimum Gasteiger partial charge on any atom is -0.368 e. The van der Waals surface area contributed by atoms with Crippen LogP contribution >= 0.6 is 12.6 Å². The number of thiol groups is 1. The van der Waals surface area contributed by atoms with Gasteiger partial charge in [0.1, 0.15) is 12.1 Å². The van der Waals surface area contributed by atoms with E-state index in [1.807, 2.05) is 56.3 Å². The van der Waals surface area contributed by atoms with Crippen LogP contribution in [0.1, 0.15) is 32.8 Å². The zero-order chi connectivity index (χ0) is 22.3. The van der Waals surface area contributed by atoms with Crippen LogP contribution in [-0.4, -0.2) is 35.6 Å². The first kappa shape index (κ1) is 23.7. The van der Waals surface area contributed by atoms with Crippen molar-refractivity contribution >= 4 is 41.1 Å². The number of hydrogen-bond donors (Lipinski definition) is 4. The van der Waals surface area contributed by atoms with Gasteiger partial charge in [0.15, 0.2) is 0 Å². The minimum absolute atomic E-state index is 0.216. The van der Waals surface area contributed by atoms with Gasteiger partial charge in [-0.15, -0.1) is 0 Å². The summed E-state index contributed by atoms with van der Waals surface area (Å²) in [4.78, 5) is 37.0. The Kier molecular flexibility index (Phi) is 8.72. The number of primary amides is 1. The maximum Gasteiger partial charge on any atom is 0.243 e. The van der Waals surface area contributed by atoms with Crippen molar-refractivity contribution in [3.63, 3.8) is 0 Å². The molecule has 0 saturated heterocycles. The van der Waals surface area contributed by atoms with E-state index in [2.05, 4.69) is 23.3 Å². The molecule has 0 heterocycles. The lowest BCUT2D eigenvalue weighted by Crippen LogP contribution is -2.53. The fraction of sp³-hybridized carbons (Fsp3) is 0.435. The minimum atomic E-state index is -0.829. The lowest BCUT2D eigenvalue weighted by atomic mass is 9.96. The fourth-order valence-corrected chi connectivity index (χ4v) is 3.63. The van der Waals surface area contributed by atoms with Crippen molar-refractivity contribution in [1.29, 1.82) is 0 Å². The van der Waals surface area contributed by atoms with Gasteiger partial charge in [0.05, 0.1) is 0 Å². The SMILES string of the molecule is CC(C)C[C@@H](CS)C(=O)N[C@@H](Cc1ccc2ccccc2c1)C(=O)N[C@@H](C)C(N)=O. The van der Waals surface area contributed by atoms with Crippen molar-refractivity contribution in [3.8, 4) is 0 Å². The lowest BCUT2D eigenvalue weighted by Gasteiger charge is -2.24. The molecule has 6 nitrogen and oxygen atoms in total. The predicted octanol–water partition coefficient (Wildman–Crippen LogP) is 2.45. The average Bonchev–Trinajstić information content (AvgIpc) is 2.70. The van der Waals surface area contributed by atoms with Crippen molar-refractivity contribution in [2.45, 2.75) is 45.7 Å². The Bertz CT molecular complexity index is 900. The molecule has 2 aromatic carbocycles. The summed E-state index contributed by atoms with van der Waals surface area (Å²) in [5.74, 6) is -0.861. The molecule has 0 saturated carbocycles. The maximum absolute atomic E-state index is 12.8. The molecule has 3 atom stereocenters. The third kappa shape index (κ3) is 6.76. The summed E-state index contributed by atoms with van der Waals surface area (Å²) in [6.45, 7) is 5.60. The van der Waals surface area contributed by atoms with Crippen molar-refractivity contribution in [1.82, 2.24) is 10.6 Å². The van der Waals surface area contributed by atoms with Crippen LogP contribution in [0.25, 0.3) is 10.8 Å². The van der Waals surface area contributed by atoms with Gasteiger partial charge in [-0.25, -0.2) is 0 Å². The number of nitrogens with one attached hydrogen (secondary N) is 2. The molecule has 0 spiro atoms. The summed E-state index contributed by atoms with van der Waals surface area (Å²) in [5.41, 5.74) is 6.18. The highest BCUT2D eigenvalue weighted by Gasteiger charge is 2.27. The summed E-state index contributed by atoms with van der Waals surface area (Å²) < 4.78 is 0. The van der Waals surface area contributed by atoms with E-state index in [0.717, 1.165) is 16.3 Å². The molecule has 30 heavy (non-hydrogen) atoms. The lowest BCUT2D eigenvalue weighted by molar-refractivity contribution is -0.132. The van der Waals surface area contributed by atoms with Crippen LogP contribution in [-0.2, 0) is 20.8 Å². The molecular weight excluding hydrogens is 398 g/mol. The molecule has 2 rings (SSSR count). The van der Waals surface area contributed by atoms with Gasteiger partial charge in [-0.3, -0.25) is 14.4 Å². The molecular formula is C23H31N3O3S. The number of carbonyl (C=O) groups excluding carboxylic acids is 3. The fourth-order valence-electron chi connectivity index (χ4n) is 3.32. The number of benzene rings is 2. The quantitative estimate of drug-likeness (QED) is 0.436. The van der Waals surface area contributed by atoms with Crippen LogP contribution < -0.4 is 16.4 Å². The standard InChI is InChI=1S/C23H31N3O3S/c1-14(2)10-19(13-30)22(28)26-20(23(29)25-15(3)21(24)27)12-16-8-9-17-6-4-5-7-18(17)11-16/h4-9,11,14-15,19-20,30H,10,12-13H2,1-3H3,(H2,24,27)(H,25,29)(H,26,28)/t15-,19-,20-/m0/s1. The van der Waals surface area contributed by atoms with Crippen LogP contribution in [0.15, 0.2) is 42.5 Å². The van der Waals surface area contributed by atoms with E-state index in [-0.39, 0.29) is 11.8 Å². The predicted molar refractivity (Wildman–Crippen MR) is 123 cm³/mol. The molecule has 0 unspecified atom stereocenters. The first-order chi connectivity index (χ1) is 14.2. The Morgan fingerprint density at radius 2 is 1.63 bits per heavy atom. The number of hydrogen-bond acceptors (Lipinski definition) is 4. The van der Waals surface area contributed by atoms with Crippen molar-refractivity contribution in [2.75, 3.05) is 5.75 Å². The summed E-state index contributed by atoms with van der Waals surface area (Å²) >= 11 is 4.30. The van der Waals surface area contributed by atoms with Gasteiger partial charge in [0.25, 0.3) is 0 Å². The third-order valence-corrected chi connectivity index (χ3v) is 5.46. The molecule has 0 aliphatic heterocycles. The van der Waals surface area contributed by atoms with Crippen molar-refractivity contribution in [3.05, 3.63) is 48.0 Å². The summed E-state index contributed by atoms with van der Waals surface area (Å²) in [6, 6.07) is 12.2. The second-order valence-corrected chi connectivity index (χ2v) is 8.45. The van der Waals surface area contributed by atoms with Gasteiger partial charge in [-0.1, -0.05) is 56.3 Å². The van der Waals surface area contributed by atoms with E-state index in [1.165, 1.54) is 6.92 Å². The van der Waals surface area contributed by atoms with Crippen LogP contribution in [0.2, 0.25) is 0 Å². The van der Waals surface area contributed by atoms with Gasteiger partial charge in [-0.2, -0.15) is 12.6 Å². The van der Waals surface area contributed by atoms with E-state index in [4.69, 9.17) is 5.73 Å². The van der Waals surface area contributed by atoms with Gasteiger partial charge in [0, 0.05) is 18.1 Å². The monoisotopic (exact) mass is 429 g/mol. The number of fused-ring (bicyclic) bond motifs is 1. The summed E-state index contributed by atoms with van der Waals surface area (Å²) in [5, 5.41) is 7.61. The van der Waals surface area contributed by atoms with E-state index >= 15 is 0 Å². The smallest absolute Gasteiger partial charge is 0.243 e. The Morgan fingerprint density at radius 1 is 0.967 bits per heavy atom. The van der Waals surface area contributed by atoms with E-state index in [0.29, 0.717) is 24.5 Å². The Labute approximate surface area is 183 Å². The normalized spacial score (nSPS) is 14.2. The van der Waals surface area contributed by atoms with Crippen molar-refractivity contribution in [2.24, 2.45) is 17.6 Å². The molecule has 0 bridgehead atoms. The maximum atomic E-state index is 12.8. The highest BCUT2D eigenvalue weighted by molar-refractivity contribution is 7.80. The molecule has 162 valence electrons. The van der Waals surface area contributed by atoms with Gasteiger partial charge < -0.3 is 16.4 Å². The van der Waals surface area contributed by atoms with Crippen LogP contribution in [0.5, 0.6) is 0 Å². The molecule has 7 heteroatoms. The highest BCUT2D eigenvalue weighted by atomic mass is 32.1. The topological polar surface area (TPSA) is 101 Å². The van der Waals surface area contributed by atoms with Crippen LogP contribution in [0.3, 0.4) is 0 Å². The molecule has 3 amide bonds. The van der Waals surface area contributed by atoms with Crippen LogP contribution in [0.4, 0.5) is 0 Å². The van der Waals surface area contributed by atoms with Crippen LogP contribution in [0, 0.1) is 11.8 Å². The zero-order valence-corrected chi connectivity index (χ0v) is 18.6. The first-order valence-electron chi connectivity index (χ1n) is 10.2. The van der Waals surface area contributed by atoms with E-state index in [1.54, 1.807) is 0 Å². The van der Waals surface area contributed by atoms with Gasteiger partial charge in [-0.05, 0) is 35.6 Å². The summed E-state index contributed by atoms with van der Waals surface area (Å²) in [6.07, 6.45) is 0.978. The molecule has 4 N–H and O–H groups in total. The number of carbonyl (C=O) groups is 3. The molecule has 2 aromatic rings. The molecule has 0 aliphatic carbocycles. The van der Waals surface area contributed by atoms with E-state index < -0.39 is 23.9 Å². The molecule has 0 fully saturated rings. The van der Waals surface area contributed by atoms with Crippen molar-refractivity contribution < 1.29 is 14.4 Å². The number of nitrogens with two attached hydrogens (primary N) is 1. The zero-order valence-electron chi connectivity index (χ0n) is 17.7. The molecule has 0 aliphatic rings. The molecule has 0 radical (unpaired) electrons. The average molecular weight is 430 g/mol. The third-order valence-electron chi connectivity index (χ3n) is 5.02. The number of rotatable bonds is 10. The second kappa shape index (κ2) is 11.0. The summed E-state index contributed by atoms with van der Waals surface area (Å²) in [7, 11) is 0. The Morgan fingerprint density at radius 3 is 2.23 bits per heavy atom. The Balaban J connectivity index is 2.23. The van der Waals surface area contributed by atoms with Gasteiger partial charge >= 0.3 is 0 Å². The molecule has 0 aromatic heterocycles. The van der Waals surface area contributed by atoms with E-state index in [9.17, 15) is 14.4 Å². The first-order valence-corrected chi connectivity index (χ1v) is 10.8. The number of amides is 3. The highest BCUT2D eigenvalue weighted by Crippen LogP contribution is 2.18. The second-order valence-electron chi connectivity index (χ2n) is 8.09. The largest absolute Gasteiger partial charge is 0.368 e. The van der Waals surface area contributed by atoms with Gasteiger partial charge in [0.2, 0.25) is 17.7 Å².